The van der Waals surface area contributed by atoms with Gasteiger partial charge in [-0.3, -0.25) is 9.59 Å². The van der Waals surface area contributed by atoms with Gasteiger partial charge >= 0.3 is 0 Å². The number of hydrogen-bond donors (Lipinski definition) is 1. The van der Waals surface area contributed by atoms with Crippen LogP contribution in [0, 0.1) is 5.92 Å². The zero-order valence-electron chi connectivity index (χ0n) is 12.6. The molecule has 0 aromatic rings. The van der Waals surface area contributed by atoms with E-state index < -0.39 is 5.91 Å². The Morgan fingerprint density at radius 3 is 2.81 bits per heavy atom. The summed E-state index contributed by atoms with van der Waals surface area (Å²) in [5, 5.41) is 0. The van der Waals surface area contributed by atoms with E-state index in [0.29, 0.717) is 26.4 Å². The second kappa shape index (κ2) is 7.72. The highest BCUT2D eigenvalue weighted by atomic mass is 16.5. The highest BCUT2D eigenvalue weighted by Gasteiger charge is 2.30. The van der Waals surface area contributed by atoms with E-state index in [4.69, 9.17) is 15.2 Å². The lowest BCUT2D eigenvalue weighted by Gasteiger charge is -2.35. The highest BCUT2D eigenvalue weighted by Crippen LogP contribution is 2.17. The summed E-state index contributed by atoms with van der Waals surface area (Å²) in [6, 6.07) is 0. The molecule has 0 aromatic carbocycles. The molecule has 2 saturated heterocycles. The van der Waals surface area contributed by atoms with Crippen LogP contribution in [0.2, 0.25) is 0 Å². The summed E-state index contributed by atoms with van der Waals surface area (Å²) in [6.07, 6.45) is 1.61. The smallest absolute Gasteiger partial charge is 0.237 e. The molecule has 0 aromatic heterocycles. The van der Waals surface area contributed by atoms with Gasteiger partial charge in [-0.15, -0.1) is 0 Å². The molecule has 0 radical (unpaired) electrons. The van der Waals surface area contributed by atoms with E-state index in [1.165, 1.54) is 4.90 Å². The molecule has 7 heteroatoms. The summed E-state index contributed by atoms with van der Waals surface area (Å²) in [7, 11) is 2.02. The predicted molar refractivity (Wildman–Crippen MR) is 76.6 cm³/mol. The van der Waals surface area contributed by atoms with Gasteiger partial charge in [0.1, 0.15) is 0 Å². The van der Waals surface area contributed by atoms with Gasteiger partial charge in [-0.05, 0) is 19.9 Å². The Kier molecular flexibility index (Phi) is 5.96. The third kappa shape index (κ3) is 4.94. The van der Waals surface area contributed by atoms with Crippen molar-refractivity contribution in [3.8, 4) is 0 Å². The van der Waals surface area contributed by atoms with Crippen molar-refractivity contribution in [3.05, 3.63) is 0 Å². The molecule has 120 valence electrons. The minimum atomic E-state index is -0.496. The molecule has 7 nitrogen and oxygen atoms in total. The Balaban J connectivity index is 1.95. The van der Waals surface area contributed by atoms with E-state index in [-0.39, 0.29) is 24.5 Å². The molecular formula is C14H25N3O4. The van der Waals surface area contributed by atoms with Crippen LogP contribution in [0.5, 0.6) is 0 Å². The fraction of sp³-hybridized carbons (Fsp3) is 0.857. The van der Waals surface area contributed by atoms with Crippen molar-refractivity contribution in [2.75, 3.05) is 53.0 Å². The molecule has 2 atom stereocenters. The van der Waals surface area contributed by atoms with E-state index in [9.17, 15) is 9.59 Å². The largest absolute Gasteiger partial charge is 0.381 e. The Morgan fingerprint density at radius 2 is 2.19 bits per heavy atom. The Labute approximate surface area is 125 Å². The molecule has 0 saturated carbocycles. The van der Waals surface area contributed by atoms with Gasteiger partial charge in [-0.1, -0.05) is 0 Å². The molecule has 2 heterocycles. The number of nitrogens with zero attached hydrogens (tertiary/aromatic N) is 2. The molecule has 2 aliphatic heterocycles. The molecule has 21 heavy (non-hydrogen) atoms. The molecule has 0 bridgehead atoms. The summed E-state index contributed by atoms with van der Waals surface area (Å²) in [4.78, 5) is 27.5. The fourth-order valence-corrected chi connectivity index (χ4v) is 2.84. The molecule has 0 aliphatic carbocycles. The maximum atomic E-state index is 12.6. The average molecular weight is 299 g/mol. The van der Waals surface area contributed by atoms with Crippen molar-refractivity contribution >= 4 is 11.8 Å². The first-order valence-corrected chi connectivity index (χ1v) is 7.51. The van der Waals surface area contributed by atoms with Crippen molar-refractivity contribution in [3.63, 3.8) is 0 Å². The lowest BCUT2D eigenvalue weighted by Crippen LogP contribution is -2.51. The minimum absolute atomic E-state index is 0.0506. The van der Waals surface area contributed by atoms with Crippen LogP contribution in [0.4, 0.5) is 0 Å². The van der Waals surface area contributed by atoms with E-state index in [0.717, 1.165) is 25.9 Å². The van der Waals surface area contributed by atoms with Crippen LogP contribution < -0.4 is 5.73 Å². The number of carbonyl (C=O) groups is 2. The number of nitrogens with two attached hydrogens (primary N) is 1. The lowest BCUT2D eigenvalue weighted by molar-refractivity contribution is -0.145. The monoisotopic (exact) mass is 299 g/mol. The maximum absolute atomic E-state index is 12.6. The minimum Gasteiger partial charge on any atom is -0.381 e. The Hall–Kier alpha value is -1.18. The lowest BCUT2D eigenvalue weighted by atomic mass is 10.0. The zero-order valence-corrected chi connectivity index (χ0v) is 12.6. The second-order valence-corrected chi connectivity index (χ2v) is 5.85. The summed E-state index contributed by atoms with van der Waals surface area (Å²) in [6.45, 7) is 3.77. The van der Waals surface area contributed by atoms with Crippen molar-refractivity contribution in [2.45, 2.75) is 18.9 Å². The van der Waals surface area contributed by atoms with Crippen molar-refractivity contribution in [1.29, 1.82) is 0 Å². The first-order valence-electron chi connectivity index (χ1n) is 7.51. The third-order valence-corrected chi connectivity index (χ3v) is 3.93. The van der Waals surface area contributed by atoms with E-state index in [1.54, 1.807) is 0 Å². The van der Waals surface area contributed by atoms with E-state index in [1.807, 2.05) is 7.05 Å². The van der Waals surface area contributed by atoms with Gasteiger partial charge in [-0.2, -0.15) is 0 Å². The second-order valence-electron chi connectivity index (χ2n) is 5.85. The Bertz CT molecular complexity index is 371. The highest BCUT2D eigenvalue weighted by molar-refractivity contribution is 5.85. The van der Waals surface area contributed by atoms with Crippen LogP contribution in [-0.2, 0) is 19.1 Å². The van der Waals surface area contributed by atoms with Crippen LogP contribution in [0.3, 0.4) is 0 Å². The normalized spacial score (nSPS) is 27.3. The maximum Gasteiger partial charge on any atom is 0.237 e. The number of hydrogen-bond acceptors (Lipinski definition) is 5. The number of ether oxygens (including phenoxy) is 2. The summed E-state index contributed by atoms with van der Waals surface area (Å²) in [5.41, 5.74) is 5.28. The number of carbonyl (C=O) groups excluding carboxylic acids is 2. The van der Waals surface area contributed by atoms with E-state index >= 15 is 0 Å². The van der Waals surface area contributed by atoms with Gasteiger partial charge in [0.05, 0.1) is 31.8 Å². The third-order valence-electron chi connectivity index (χ3n) is 3.93. The van der Waals surface area contributed by atoms with E-state index in [2.05, 4.69) is 4.90 Å². The standard InChI is InChI=1S/C14H25N3O4/c1-16-4-6-21-12(7-16)8-17(9-13(15)18)14(19)11-3-2-5-20-10-11/h11-12H,2-10H2,1H3,(H2,15,18)/t11-,12-/m1/s1. The van der Waals surface area contributed by atoms with Crippen LogP contribution >= 0.6 is 0 Å². The molecule has 2 rings (SSSR count). The van der Waals surface area contributed by atoms with Crippen molar-refractivity contribution in [2.24, 2.45) is 11.7 Å². The van der Waals surface area contributed by atoms with Gasteiger partial charge in [0.15, 0.2) is 0 Å². The zero-order chi connectivity index (χ0) is 15.2. The van der Waals surface area contributed by atoms with Crippen molar-refractivity contribution in [1.82, 2.24) is 9.80 Å². The molecule has 2 aliphatic rings. The summed E-state index contributed by atoms with van der Waals surface area (Å²) in [5.74, 6) is -0.714. The molecule has 2 fully saturated rings. The molecule has 0 spiro atoms. The van der Waals surface area contributed by atoms with Crippen molar-refractivity contribution < 1.29 is 19.1 Å². The average Bonchev–Trinajstić information content (AvgIpc) is 2.46. The Morgan fingerprint density at radius 1 is 1.38 bits per heavy atom. The molecular weight excluding hydrogens is 274 g/mol. The van der Waals surface area contributed by atoms with Crippen LogP contribution in [-0.4, -0.2) is 80.8 Å². The van der Waals surface area contributed by atoms with Crippen LogP contribution in [0.15, 0.2) is 0 Å². The van der Waals surface area contributed by atoms with Gasteiger partial charge in [0.2, 0.25) is 11.8 Å². The molecule has 2 amide bonds. The van der Waals surface area contributed by atoms with Gasteiger partial charge in [0, 0.05) is 26.2 Å². The molecule has 0 unspecified atom stereocenters. The first-order chi connectivity index (χ1) is 10.1. The number of primary amides is 1. The quantitative estimate of drug-likeness (QED) is 0.708. The number of morpholine rings is 1. The fourth-order valence-electron chi connectivity index (χ4n) is 2.84. The first kappa shape index (κ1) is 16.2. The number of rotatable bonds is 5. The SMILES string of the molecule is CN1CCO[C@@H](CN(CC(N)=O)C(=O)[C@@H]2CCCOC2)C1. The summed E-state index contributed by atoms with van der Waals surface area (Å²) >= 11 is 0. The van der Waals surface area contributed by atoms with Gasteiger partial charge in [-0.25, -0.2) is 0 Å². The van der Waals surface area contributed by atoms with Gasteiger partial charge in [0.25, 0.3) is 0 Å². The van der Waals surface area contributed by atoms with Crippen LogP contribution in [0.1, 0.15) is 12.8 Å². The van der Waals surface area contributed by atoms with Crippen LogP contribution in [0.25, 0.3) is 0 Å². The predicted octanol–water partition coefficient (Wildman–Crippen LogP) is -0.942. The molecule has 2 N–H and O–H groups in total. The number of amides is 2. The van der Waals surface area contributed by atoms with Gasteiger partial charge < -0.3 is 25.0 Å². The topological polar surface area (TPSA) is 85.1 Å². The summed E-state index contributed by atoms with van der Waals surface area (Å²) < 4.78 is 11.0. The number of likely N-dealkylation sites (N-methyl/N-ethyl adjacent to an activating group) is 1.